The molecule has 3 nitrogen and oxygen atoms in total. The van der Waals surface area contributed by atoms with E-state index in [1.165, 1.54) is 0 Å². The monoisotopic (exact) mass is 212 g/mol. The van der Waals surface area contributed by atoms with Crippen LogP contribution in [0, 0.1) is 0 Å². The van der Waals surface area contributed by atoms with Gasteiger partial charge in [0.15, 0.2) is 0 Å². The van der Waals surface area contributed by atoms with E-state index in [1.54, 1.807) is 0 Å². The second-order valence-electron chi connectivity index (χ2n) is 6.38. The Hall–Kier alpha value is -0.570. The van der Waals surface area contributed by atoms with Crippen LogP contribution in [0.2, 0.25) is 0 Å². The third kappa shape index (κ3) is 1.89. The van der Waals surface area contributed by atoms with E-state index in [2.05, 4.69) is 39.9 Å². The fourth-order valence-electron chi connectivity index (χ4n) is 2.95. The van der Waals surface area contributed by atoms with Crippen LogP contribution in [0.1, 0.15) is 48.0 Å². The fraction of sp³-hybridized carbons (Fsp3) is 0.917. The molecule has 0 aromatic carbocycles. The largest absolute Gasteiger partial charge is 0.331 e. The van der Waals surface area contributed by atoms with Gasteiger partial charge in [-0.1, -0.05) is 0 Å². The molecule has 0 bridgehead atoms. The lowest BCUT2D eigenvalue weighted by Gasteiger charge is -2.42. The molecule has 88 valence electrons. The second-order valence-corrected chi connectivity index (χ2v) is 6.38. The quantitative estimate of drug-likeness (QED) is 0.718. The van der Waals surface area contributed by atoms with E-state index < -0.39 is 5.54 Å². The average molecular weight is 212 g/mol. The highest BCUT2D eigenvalue weighted by molar-refractivity contribution is 5.90. The molecule has 1 unspecified atom stereocenters. The van der Waals surface area contributed by atoms with Gasteiger partial charge in [0, 0.05) is 11.1 Å². The van der Waals surface area contributed by atoms with E-state index in [1.807, 2.05) is 18.9 Å². The summed E-state index contributed by atoms with van der Waals surface area (Å²) in [4.78, 5) is 14.4. The van der Waals surface area contributed by atoms with Gasteiger partial charge in [0.05, 0.1) is 5.54 Å². The molecule has 1 amide bonds. The van der Waals surface area contributed by atoms with Crippen LogP contribution in [-0.4, -0.2) is 34.5 Å². The van der Waals surface area contributed by atoms with Gasteiger partial charge in [-0.05, 0) is 55.0 Å². The maximum absolute atomic E-state index is 12.4. The summed E-state index contributed by atoms with van der Waals surface area (Å²) in [5.74, 6) is 0.211. The van der Waals surface area contributed by atoms with E-state index >= 15 is 0 Å². The summed E-state index contributed by atoms with van der Waals surface area (Å²) < 4.78 is 0. The third-order valence-electron chi connectivity index (χ3n) is 3.29. The molecule has 3 heteroatoms. The van der Waals surface area contributed by atoms with Gasteiger partial charge in [0.1, 0.15) is 0 Å². The summed E-state index contributed by atoms with van der Waals surface area (Å²) >= 11 is 0. The number of amides is 1. The van der Waals surface area contributed by atoms with Crippen LogP contribution in [-0.2, 0) is 4.79 Å². The number of nitrogens with one attached hydrogen (secondary N) is 1. The molecule has 0 aromatic heterocycles. The number of carbonyl (C=O) groups excluding carboxylic acids is 1. The van der Waals surface area contributed by atoms with Crippen LogP contribution in [0.15, 0.2) is 0 Å². The molecule has 1 aliphatic heterocycles. The van der Waals surface area contributed by atoms with E-state index in [9.17, 15) is 4.79 Å². The molecular formula is C12H24N2O. The van der Waals surface area contributed by atoms with Crippen molar-refractivity contribution in [1.82, 2.24) is 10.2 Å². The van der Waals surface area contributed by atoms with Crippen molar-refractivity contribution in [2.75, 3.05) is 7.05 Å². The molecule has 1 atom stereocenters. The Balaban J connectivity index is 3.14. The first-order valence-electron chi connectivity index (χ1n) is 5.58. The average Bonchev–Trinajstić information content (AvgIpc) is 2.17. The summed E-state index contributed by atoms with van der Waals surface area (Å²) in [6, 6.07) is 0. The summed E-state index contributed by atoms with van der Waals surface area (Å²) in [5.41, 5.74) is -0.598. The van der Waals surface area contributed by atoms with Crippen LogP contribution >= 0.6 is 0 Å². The lowest BCUT2D eigenvalue weighted by molar-refractivity contribution is -0.140. The molecule has 0 saturated carbocycles. The molecule has 1 heterocycles. The summed E-state index contributed by atoms with van der Waals surface area (Å²) in [6.07, 6.45) is 0.854. The zero-order chi connectivity index (χ0) is 12.1. The Bertz CT molecular complexity index is 278. The Morgan fingerprint density at radius 3 is 1.93 bits per heavy atom. The van der Waals surface area contributed by atoms with Gasteiger partial charge >= 0.3 is 0 Å². The Morgan fingerprint density at radius 1 is 1.27 bits per heavy atom. The molecule has 0 spiro atoms. The topological polar surface area (TPSA) is 32.3 Å². The first-order chi connectivity index (χ1) is 6.54. The molecule has 0 aliphatic carbocycles. The zero-order valence-corrected chi connectivity index (χ0v) is 11.1. The Morgan fingerprint density at radius 2 is 1.73 bits per heavy atom. The van der Waals surface area contributed by atoms with Gasteiger partial charge in [-0.2, -0.15) is 0 Å². The normalized spacial score (nSPS) is 31.1. The van der Waals surface area contributed by atoms with Gasteiger partial charge in [-0.15, -0.1) is 0 Å². The smallest absolute Gasteiger partial charge is 0.243 e. The summed E-state index contributed by atoms with van der Waals surface area (Å²) in [7, 11) is 1.86. The van der Waals surface area contributed by atoms with E-state index in [0.717, 1.165) is 6.42 Å². The number of hydrogen-bond acceptors (Lipinski definition) is 2. The lowest BCUT2D eigenvalue weighted by Crippen LogP contribution is -2.55. The van der Waals surface area contributed by atoms with Gasteiger partial charge < -0.3 is 10.2 Å². The molecular weight excluding hydrogens is 188 g/mol. The van der Waals surface area contributed by atoms with Crippen molar-refractivity contribution in [2.45, 2.75) is 64.6 Å². The first-order valence-corrected chi connectivity index (χ1v) is 5.58. The van der Waals surface area contributed by atoms with Crippen molar-refractivity contribution in [3.63, 3.8) is 0 Å². The lowest BCUT2D eigenvalue weighted by atomic mass is 9.91. The summed E-state index contributed by atoms with van der Waals surface area (Å²) in [6.45, 7) is 12.5. The molecule has 1 saturated heterocycles. The van der Waals surface area contributed by atoms with Crippen LogP contribution in [0.5, 0.6) is 0 Å². The van der Waals surface area contributed by atoms with Crippen molar-refractivity contribution in [3.05, 3.63) is 0 Å². The molecule has 0 aromatic rings. The van der Waals surface area contributed by atoms with Crippen LogP contribution in [0.25, 0.3) is 0 Å². The van der Waals surface area contributed by atoms with Crippen molar-refractivity contribution in [2.24, 2.45) is 0 Å². The van der Waals surface area contributed by atoms with Crippen molar-refractivity contribution in [3.8, 4) is 0 Å². The second kappa shape index (κ2) is 3.21. The zero-order valence-electron chi connectivity index (χ0n) is 11.1. The van der Waals surface area contributed by atoms with E-state index in [-0.39, 0.29) is 17.0 Å². The van der Waals surface area contributed by atoms with Gasteiger partial charge in [-0.25, -0.2) is 0 Å². The first kappa shape index (κ1) is 12.5. The number of rotatable bonds is 1. The number of likely N-dealkylation sites (tertiary alicyclic amines) is 1. The van der Waals surface area contributed by atoms with Crippen molar-refractivity contribution in [1.29, 1.82) is 0 Å². The van der Waals surface area contributed by atoms with Crippen LogP contribution in [0.4, 0.5) is 0 Å². The molecule has 1 aliphatic rings. The third-order valence-corrected chi connectivity index (χ3v) is 3.29. The standard InChI is InChI=1S/C12H24N2O/c1-10(2,3)14-9(15)12(6,13-7)8-11(14,4)5/h13H,8H2,1-7H3. The SMILES string of the molecule is CNC1(C)CC(C)(C)N(C(C)(C)C)C1=O. The molecule has 15 heavy (non-hydrogen) atoms. The van der Waals surface area contributed by atoms with Crippen molar-refractivity contribution < 1.29 is 4.79 Å². The number of likely N-dealkylation sites (N-methyl/N-ethyl adjacent to an activating group) is 1. The van der Waals surface area contributed by atoms with Gasteiger partial charge in [0.25, 0.3) is 0 Å². The highest BCUT2D eigenvalue weighted by atomic mass is 16.2. The number of nitrogens with zero attached hydrogens (tertiary/aromatic N) is 1. The molecule has 1 fully saturated rings. The van der Waals surface area contributed by atoms with Gasteiger partial charge in [-0.3, -0.25) is 4.79 Å². The number of carbonyl (C=O) groups is 1. The van der Waals surface area contributed by atoms with Crippen molar-refractivity contribution >= 4 is 5.91 Å². The fourth-order valence-corrected chi connectivity index (χ4v) is 2.95. The van der Waals surface area contributed by atoms with Crippen LogP contribution in [0.3, 0.4) is 0 Å². The Labute approximate surface area is 93.2 Å². The highest BCUT2D eigenvalue weighted by Gasteiger charge is 2.54. The predicted molar refractivity (Wildman–Crippen MR) is 62.8 cm³/mol. The van der Waals surface area contributed by atoms with Gasteiger partial charge in [0.2, 0.25) is 5.91 Å². The van der Waals surface area contributed by atoms with E-state index in [4.69, 9.17) is 0 Å². The maximum Gasteiger partial charge on any atom is 0.243 e. The highest BCUT2D eigenvalue weighted by Crippen LogP contribution is 2.40. The minimum atomic E-state index is -0.406. The minimum absolute atomic E-state index is 0.0763. The maximum atomic E-state index is 12.4. The minimum Gasteiger partial charge on any atom is -0.331 e. The molecule has 0 radical (unpaired) electrons. The number of hydrogen-bond donors (Lipinski definition) is 1. The van der Waals surface area contributed by atoms with Crippen LogP contribution < -0.4 is 5.32 Å². The molecule has 1 N–H and O–H groups in total. The van der Waals surface area contributed by atoms with E-state index in [0.29, 0.717) is 0 Å². The molecule has 1 rings (SSSR count). The predicted octanol–water partition coefficient (Wildman–Crippen LogP) is 1.77. The summed E-state index contributed by atoms with van der Waals surface area (Å²) in [5, 5.41) is 3.16. The Kier molecular flexibility index (Phi) is 2.67.